The number of halogens is 1. The van der Waals surface area contributed by atoms with E-state index < -0.39 is 11.8 Å². The largest absolute Gasteiger partial charge is 0.465 e. The number of hydrogen-bond donors (Lipinski definition) is 1. The van der Waals surface area contributed by atoms with Crippen LogP contribution in [0, 0.1) is 12.7 Å². The molecule has 0 fully saturated rings. The molecular weight excluding hydrogens is 184 g/mol. The van der Waals surface area contributed by atoms with Gasteiger partial charge in [-0.1, -0.05) is 0 Å². The van der Waals surface area contributed by atoms with Gasteiger partial charge in [-0.2, -0.15) is 0 Å². The molecule has 1 aromatic carbocycles. The van der Waals surface area contributed by atoms with E-state index in [0.29, 0.717) is 5.56 Å². The van der Waals surface area contributed by atoms with Crippen molar-refractivity contribution in [3.05, 3.63) is 23.0 Å². The highest BCUT2D eigenvalue weighted by molar-refractivity contribution is 6.36. The molecule has 3 nitrogen and oxygen atoms in total. The molecule has 0 amide bonds. The molecule has 0 saturated heterocycles. The van der Waals surface area contributed by atoms with E-state index in [2.05, 4.69) is 4.74 Å². The zero-order valence-corrected chi connectivity index (χ0v) is 8.35. The Hall–Kier alpha value is -1.52. The highest BCUT2D eigenvalue weighted by Gasteiger charge is 2.17. The van der Waals surface area contributed by atoms with Crippen LogP contribution in [0.4, 0.5) is 10.1 Å². The number of nitrogens with two attached hydrogens (primary N) is 1. The van der Waals surface area contributed by atoms with Gasteiger partial charge in [-0.25, -0.2) is 9.18 Å². The minimum Gasteiger partial charge on any atom is -0.465 e. The van der Waals surface area contributed by atoms with Gasteiger partial charge in [0.2, 0.25) is 0 Å². The Kier molecular flexibility index (Phi) is 2.79. The standard InChI is InChI=1S/C9H11BFNO2/c1-4-6(12)3-5(11)8(10)7(4)9(13)14-2/h3H,10,12H2,1-2H3. The third-order valence-corrected chi connectivity index (χ3v) is 2.21. The molecule has 2 N–H and O–H groups in total. The van der Waals surface area contributed by atoms with E-state index in [0.717, 1.165) is 0 Å². The number of methoxy groups -OCH3 is 1. The smallest absolute Gasteiger partial charge is 0.337 e. The van der Waals surface area contributed by atoms with Crippen LogP contribution in [0.25, 0.3) is 0 Å². The lowest BCUT2D eigenvalue weighted by Crippen LogP contribution is -2.23. The van der Waals surface area contributed by atoms with Crippen LogP contribution in [0.1, 0.15) is 15.9 Å². The third-order valence-electron chi connectivity index (χ3n) is 2.21. The van der Waals surface area contributed by atoms with Crippen molar-refractivity contribution < 1.29 is 13.9 Å². The molecule has 0 aromatic heterocycles. The lowest BCUT2D eigenvalue weighted by atomic mass is 9.86. The van der Waals surface area contributed by atoms with Crippen LogP contribution >= 0.6 is 0 Å². The molecule has 0 spiro atoms. The van der Waals surface area contributed by atoms with E-state index in [4.69, 9.17) is 5.73 Å². The number of carbonyl (C=O) groups excluding carboxylic acids is 1. The Morgan fingerprint density at radius 1 is 1.64 bits per heavy atom. The van der Waals surface area contributed by atoms with Gasteiger partial charge in [0.1, 0.15) is 13.7 Å². The highest BCUT2D eigenvalue weighted by atomic mass is 19.1. The fourth-order valence-corrected chi connectivity index (χ4v) is 1.31. The summed E-state index contributed by atoms with van der Waals surface area (Å²) in [7, 11) is 2.77. The molecule has 0 bridgehead atoms. The molecule has 14 heavy (non-hydrogen) atoms. The average Bonchev–Trinajstić information content (AvgIpc) is 2.15. The van der Waals surface area contributed by atoms with Crippen molar-refractivity contribution in [2.45, 2.75) is 6.92 Å². The van der Waals surface area contributed by atoms with Crippen molar-refractivity contribution in [3.63, 3.8) is 0 Å². The summed E-state index contributed by atoms with van der Waals surface area (Å²) in [5, 5.41) is 0. The van der Waals surface area contributed by atoms with Gasteiger partial charge in [0.15, 0.2) is 0 Å². The number of benzene rings is 1. The zero-order valence-electron chi connectivity index (χ0n) is 8.35. The summed E-state index contributed by atoms with van der Waals surface area (Å²) in [5.74, 6) is -1.06. The Morgan fingerprint density at radius 3 is 2.71 bits per heavy atom. The predicted octanol–water partition coefficient (Wildman–Crippen LogP) is -0.239. The first-order valence-corrected chi connectivity index (χ1v) is 4.12. The third kappa shape index (κ3) is 1.57. The van der Waals surface area contributed by atoms with Gasteiger partial charge in [0, 0.05) is 5.69 Å². The molecule has 0 aliphatic rings. The molecular formula is C9H11BFNO2. The summed E-state index contributed by atoms with van der Waals surface area (Å²) in [6.07, 6.45) is 0. The fraction of sp³-hybridized carbons (Fsp3) is 0.222. The molecule has 0 radical (unpaired) electrons. The van der Waals surface area contributed by atoms with Gasteiger partial charge in [-0.05, 0) is 24.0 Å². The second kappa shape index (κ2) is 3.70. The average molecular weight is 195 g/mol. The predicted molar refractivity (Wildman–Crippen MR) is 55.1 cm³/mol. The number of esters is 1. The van der Waals surface area contributed by atoms with Crippen molar-refractivity contribution in [2.24, 2.45) is 0 Å². The van der Waals surface area contributed by atoms with Gasteiger partial charge < -0.3 is 10.5 Å². The zero-order chi connectivity index (χ0) is 10.9. The summed E-state index contributed by atoms with van der Waals surface area (Å²) in [5.41, 5.74) is 6.82. The topological polar surface area (TPSA) is 52.3 Å². The molecule has 0 saturated carbocycles. The fourth-order valence-electron chi connectivity index (χ4n) is 1.31. The van der Waals surface area contributed by atoms with Crippen molar-refractivity contribution in [3.8, 4) is 0 Å². The van der Waals surface area contributed by atoms with Crippen LogP contribution in [-0.4, -0.2) is 20.9 Å². The van der Waals surface area contributed by atoms with E-state index in [1.54, 1.807) is 6.92 Å². The Balaban J connectivity index is 3.47. The normalized spacial score (nSPS) is 9.93. The monoisotopic (exact) mass is 195 g/mol. The molecule has 1 aromatic rings. The molecule has 5 heteroatoms. The van der Waals surface area contributed by atoms with Gasteiger partial charge in [-0.3, -0.25) is 0 Å². The van der Waals surface area contributed by atoms with Gasteiger partial charge in [0.25, 0.3) is 0 Å². The lowest BCUT2D eigenvalue weighted by Gasteiger charge is -2.10. The first-order valence-electron chi connectivity index (χ1n) is 4.12. The summed E-state index contributed by atoms with van der Waals surface area (Å²) in [4.78, 5) is 11.3. The van der Waals surface area contributed by atoms with E-state index in [9.17, 15) is 9.18 Å². The second-order valence-electron chi connectivity index (χ2n) is 3.06. The number of anilines is 1. The Morgan fingerprint density at radius 2 is 2.21 bits per heavy atom. The maximum atomic E-state index is 13.2. The SMILES string of the molecule is Bc1c(F)cc(N)c(C)c1C(=O)OC. The number of carbonyl (C=O) groups is 1. The maximum absolute atomic E-state index is 13.2. The van der Waals surface area contributed by atoms with Gasteiger partial charge in [0.05, 0.1) is 12.7 Å². The number of rotatable bonds is 1. The van der Waals surface area contributed by atoms with E-state index in [-0.39, 0.29) is 16.7 Å². The Bertz CT molecular complexity index is 367. The van der Waals surface area contributed by atoms with Crippen LogP contribution in [0.2, 0.25) is 0 Å². The van der Waals surface area contributed by atoms with Crippen LogP contribution in [-0.2, 0) is 4.74 Å². The van der Waals surface area contributed by atoms with Gasteiger partial charge >= 0.3 is 5.97 Å². The molecule has 0 aliphatic carbocycles. The van der Waals surface area contributed by atoms with Gasteiger partial charge in [-0.15, -0.1) is 0 Å². The first kappa shape index (κ1) is 10.6. The Labute approximate surface area is 82.5 Å². The van der Waals surface area contributed by atoms with Crippen molar-refractivity contribution in [1.82, 2.24) is 0 Å². The number of nitrogen functional groups attached to an aromatic ring is 1. The molecule has 0 heterocycles. The number of hydrogen-bond acceptors (Lipinski definition) is 3. The number of ether oxygens (including phenoxy) is 1. The van der Waals surface area contributed by atoms with Crippen LogP contribution in [0.3, 0.4) is 0 Å². The minimum absolute atomic E-state index is 0.213. The summed E-state index contributed by atoms with van der Waals surface area (Å²) in [6.45, 7) is 1.66. The maximum Gasteiger partial charge on any atom is 0.337 e. The lowest BCUT2D eigenvalue weighted by molar-refractivity contribution is 0.0601. The van der Waals surface area contributed by atoms with Crippen molar-refractivity contribution >= 4 is 25.0 Å². The van der Waals surface area contributed by atoms with Crippen molar-refractivity contribution in [2.75, 3.05) is 12.8 Å². The molecule has 1 rings (SSSR count). The highest BCUT2D eigenvalue weighted by Crippen LogP contribution is 2.16. The first-order chi connectivity index (χ1) is 6.49. The van der Waals surface area contributed by atoms with Crippen LogP contribution in [0.15, 0.2) is 6.07 Å². The summed E-state index contributed by atoms with van der Waals surface area (Å²) in [6, 6.07) is 1.21. The van der Waals surface area contributed by atoms with E-state index in [1.165, 1.54) is 21.0 Å². The minimum atomic E-state index is -0.564. The molecule has 0 unspecified atom stereocenters. The van der Waals surface area contributed by atoms with E-state index >= 15 is 0 Å². The molecule has 74 valence electrons. The van der Waals surface area contributed by atoms with E-state index in [1.807, 2.05) is 0 Å². The molecule has 0 atom stereocenters. The van der Waals surface area contributed by atoms with Crippen LogP contribution < -0.4 is 11.2 Å². The second-order valence-corrected chi connectivity index (χ2v) is 3.06. The molecule has 0 aliphatic heterocycles. The quantitative estimate of drug-likeness (QED) is 0.382. The van der Waals surface area contributed by atoms with Crippen LogP contribution in [0.5, 0.6) is 0 Å². The van der Waals surface area contributed by atoms with Crippen molar-refractivity contribution in [1.29, 1.82) is 0 Å². The summed E-state index contributed by atoms with van der Waals surface area (Å²) >= 11 is 0. The summed E-state index contributed by atoms with van der Waals surface area (Å²) < 4.78 is 17.8.